The Labute approximate surface area is 94.9 Å². The zero-order chi connectivity index (χ0) is 13.5. The first-order valence-corrected chi connectivity index (χ1v) is 4.93. The lowest BCUT2D eigenvalue weighted by atomic mass is 10.4. The van der Waals surface area contributed by atoms with Gasteiger partial charge in [0.05, 0.1) is 38.8 Å². The number of alkyl halides is 6. The Hall–Kier alpha value is -0.500. The van der Waals surface area contributed by atoms with Crippen LogP contribution in [0.3, 0.4) is 0 Å². The van der Waals surface area contributed by atoms with E-state index in [0.29, 0.717) is 0 Å². The Bertz CT molecular complexity index is 201. The van der Waals surface area contributed by atoms with Crippen LogP contribution in [0.25, 0.3) is 0 Å². The molecule has 0 spiro atoms. The summed E-state index contributed by atoms with van der Waals surface area (Å²) in [6.07, 6.45) is -11.4. The van der Waals surface area contributed by atoms with Crippen LogP contribution < -0.4 is 0 Å². The van der Waals surface area contributed by atoms with Gasteiger partial charge < -0.3 is 9.47 Å². The second-order valence-corrected chi connectivity index (χ2v) is 3.49. The minimum absolute atomic E-state index is 0.159. The van der Waals surface area contributed by atoms with Gasteiger partial charge in [-0.3, -0.25) is 0 Å². The van der Waals surface area contributed by atoms with Crippen LogP contribution in [0, 0.1) is 0 Å². The summed E-state index contributed by atoms with van der Waals surface area (Å²) >= 11 is 0. The number of hydrogen-bond acceptors (Lipinski definition) is 2. The van der Waals surface area contributed by atoms with E-state index in [9.17, 15) is 26.3 Å². The normalized spacial score (nSPS) is 15.0. The summed E-state index contributed by atoms with van der Waals surface area (Å²) in [5.74, 6) is 0. The highest BCUT2D eigenvalue weighted by Crippen LogP contribution is 2.20. The standard InChI is InChI=1S/C9H14F6O2/c1-7(17-5-3-9(13,14)15)6-16-4-2-8(10,11)12/h7H,2-6H2,1H3. The summed E-state index contributed by atoms with van der Waals surface area (Å²) in [5, 5.41) is 0. The maximum absolute atomic E-state index is 11.7. The average molecular weight is 268 g/mol. The fourth-order valence-electron chi connectivity index (χ4n) is 0.861. The van der Waals surface area contributed by atoms with E-state index in [1.807, 2.05) is 0 Å². The molecule has 0 aliphatic carbocycles. The van der Waals surface area contributed by atoms with Crippen molar-refractivity contribution in [3.8, 4) is 0 Å². The van der Waals surface area contributed by atoms with E-state index in [0.717, 1.165) is 0 Å². The van der Waals surface area contributed by atoms with Crippen molar-refractivity contribution in [2.24, 2.45) is 0 Å². The first kappa shape index (κ1) is 16.5. The fraction of sp³-hybridized carbons (Fsp3) is 1.00. The zero-order valence-electron chi connectivity index (χ0n) is 9.20. The minimum atomic E-state index is -4.29. The Morgan fingerprint density at radius 3 is 1.82 bits per heavy atom. The van der Waals surface area contributed by atoms with Gasteiger partial charge in [-0.1, -0.05) is 0 Å². The van der Waals surface area contributed by atoms with Crippen molar-refractivity contribution in [1.29, 1.82) is 0 Å². The molecule has 1 atom stereocenters. The maximum Gasteiger partial charge on any atom is 0.391 e. The summed E-state index contributed by atoms with van der Waals surface area (Å²) in [6.45, 7) is 0.238. The molecule has 0 saturated heterocycles. The van der Waals surface area contributed by atoms with Crippen LogP contribution in [0.5, 0.6) is 0 Å². The third kappa shape index (κ3) is 13.4. The lowest BCUT2D eigenvalue weighted by Crippen LogP contribution is -2.21. The molecule has 2 nitrogen and oxygen atoms in total. The van der Waals surface area contributed by atoms with Gasteiger partial charge in [-0.25, -0.2) is 0 Å². The molecular weight excluding hydrogens is 254 g/mol. The molecule has 104 valence electrons. The van der Waals surface area contributed by atoms with E-state index >= 15 is 0 Å². The number of rotatable bonds is 7. The predicted molar refractivity (Wildman–Crippen MR) is 47.6 cm³/mol. The first-order valence-electron chi connectivity index (χ1n) is 4.93. The highest BCUT2D eigenvalue weighted by Gasteiger charge is 2.27. The predicted octanol–water partition coefficient (Wildman–Crippen LogP) is 3.31. The Kier molecular flexibility index (Phi) is 6.84. The first-order chi connectivity index (χ1) is 7.60. The molecule has 0 N–H and O–H groups in total. The van der Waals surface area contributed by atoms with Crippen LogP contribution in [0.2, 0.25) is 0 Å². The number of ether oxygens (including phenoxy) is 2. The van der Waals surface area contributed by atoms with Gasteiger partial charge in [-0.15, -0.1) is 0 Å². The third-order valence-corrected chi connectivity index (χ3v) is 1.67. The van der Waals surface area contributed by atoms with Gasteiger partial charge in [-0.05, 0) is 6.92 Å². The highest BCUT2D eigenvalue weighted by atomic mass is 19.4. The molecule has 0 saturated carbocycles. The van der Waals surface area contributed by atoms with Crippen molar-refractivity contribution in [3.05, 3.63) is 0 Å². The van der Waals surface area contributed by atoms with E-state index in [1.54, 1.807) is 0 Å². The van der Waals surface area contributed by atoms with Crippen molar-refractivity contribution in [2.75, 3.05) is 19.8 Å². The Balaban J connectivity index is 3.44. The summed E-state index contributed by atoms with van der Waals surface area (Å²) < 4.78 is 79.5. The molecule has 0 aromatic heterocycles. The molecule has 17 heavy (non-hydrogen) atoms. The van der Waals surface area contributed by atoms with E-state index in [-0.39, 0.29) is 6.61 Å². The van der Waals surface area contributed by atoms with Gasteiger partial charge in [0.1, 0.15) is 0 Å². The molecule has 0 aromatic rings. The van der Waals surface area contributed by atoms with Crippen LogP contribution in [0.1, 0.15) is 19.8 Å². The van der Waals surface area contributed by atoms with Crippen LogP contribution in [0.15, 0.2) is 0 Å². The molecule has 0 amide bonds. The van der Waals surface area contributed by atoms with Crippen LogP contribution in [-0.4, -0.2) is 38.3 Å². The van der Waals surface area contributed by atoms with Gasteiger partial charge in [0.25, 0.3) is 0 Å². The summed E-state index contributed by atoms with van der Waals surface area (Å²) in [6, 6.07) is 0. The lowest BCUT2D eigenvalue weighted by molar-refractivity contribution is -0.156. The fourth-order valence-corrected chi connectivity index (χ4v) is 0.861. The summed E-state index contributed by atoms with van der Waals surface area (Å²) in [7, 11) is 0. The second kappa shape index (κ2) is 7.05. The smallest absolute Gasteiger partial charge is 0.378 e. The number of hydrogen-bond donors (Lipinski definition) is 0. The molecule has 0 rings (SSSR count). The Morgan fingerprint density at radius 1 is 0.882 bits per heavy atom. The largest absolute Gasteiger partial charge is 0.391 e. The number of halogens is 6. The van der Waals surface area contributed by atoms with Crippen LogP contribution in [0.4, 0.5) is 26.3 Å². The monoisotopic (exact) mass is 268 g/mol. The van der Waals surface area contributed by atoms with Gasteiger partial charge in [0.2, 0.25) is 0 Å². The SMILES string of the molecule is CC(COCCC(F)(F)F)OCCC(F)(F)F. The van der Waals surface area contributed by atoms with Crippen LogP contribution in [-0.2, 0) is 9.47 Å². The topological polar surface area (TPSA) is 18.5 Å². The van der Waals surface area contributed by atoms with Crippen molar-refractivity contribution in [1.82, 2.24) is 0 Å². The highest BCUT2D eigenvalue weighted by molar-refractivity contribution is 4.53. The Morgan fingerprint density at radius 2 is 1.35 bits per heavy atom. The molecule has 0 aliphatic rings. The van der Waals surface area contributed by atoms with E-state index in [1.165, 1.54) is 6.92 Å². The molecule has 0 fully saturated rings. The molecule has 0 heterocycles. The van der Waals surface area contributed by atoms with Crippen molar-refractivity contribution in [2.45, 2.75) is 38.2 Å². The summed E-state index contributed by atoms with van der Waals surface area (Å²) in [5.41, 5.74) is 0. The van der Waals surface area contributed by atoms with Gasteiger partial charge >= 0.3 is 12.4 Å². The molecule has 0 bridgehead atoms. The third-order valence-electron chi connectivity index (χ3n) is 1.67. The quantitative estimate of drug-likeness (QED) is 0.521. The second-order valence-electron chi connectivity index (χ2n) is 3.49. The molecular formula is C9H14F6O2. The van der Waals surface area contributed by atoms with Gasteiger partial charge in [0, 0.05) is 0 Å². The molecule has 0 aromatic carbocycles. The van der Waals surface area contributed by atoms with Crippen molar-refractivity contribution in [3.63, 3.8) is 0 Å². The maximum atomic E-state index is 11.7. The van der Waals surface area contributed by atoms with Crippen molar-refractivity contribution >= 4 is 0 Å². The van der Waals surface area contributed by atoms with E-state index in [4.69, 9.17) is 4.74 Å². The van der Waals surface area contributed by atoms with Gasteiger partial charge in [-0.2, -0.15) is 26.3 Å². The summed E-state index contributed by atoms with van der Waals surface area (Å²) in [4.78, 5) is 0. The molecule has 8 heteroatoms. The van der Waals surface area contributed by atoms with E-state index < -0.39 is 44.5 Å². The lowest BCUT2D eigenvalue weighted by Gasteiger charge is -2.14. The molecule has 1 unspecified atom stereocenters. The average Bonchev–Trinajstić information content (AvgIpc) is 2.09. The van der Waals surface area contributed by atoms with Crippen molar-refractivity contribution < 1.29 is 35.8 Å². The zero-order valence-corrected chi connectivity index (χ0v) is 9.20. The van der Waals surface area contributed by atoms with E-state index in [2.05, 4.69) is 4.74 Å². The van der Waals surface area contributed by atoms with Crippen LogP contribution >= 0.6 is 0 Å². The van der Waals surface area contributed by atoms with Gasteiger partial charge in [0.15, 0.2) is 0 Å². The molecule has 0 aliphatic heterocycles. The molecule has 0 radical (unpaired) electrons. The minimum Gasteiger partial charge on any atom is -0.378 e.